The van der Waals surface area contributed by atoms with E-state index in [1.165, 1.54) is 18.2 Å². The summed E-state index contributed by atoms with van der Waals surface area (Å²) in [6.45, 7) is 0. The van der Waals surface area contributed by atoms with Crippen molar-refractivity contribution in [2.45, 2.75) is 0 Å². The van der Waals surface area contributed by atoms with Crippen LogP contribution in [0.5, 0.6) is 11.5 Å². The van der Waals surface area contributed by atoms with Crippen molar-refractivity contribution in [3.63, 3.8) is 0 Å². The molecule has 0 heterocycles. The first-order chi connectivity index (χ1) is 9.55. The van der Waals surface area contributed by atoms with Gasteiger partial charge in [0, 0.05) is 15.6 Å². The summed E-state index contributed by atoms with van der Waals surface area (Å²) >= 11 is 3.14. The van der Waals surface area contributed by atoms with Gasteiger partial charge in [-0.1, -0.05) is 0 Å². The third kappa shape index (κ3) is 2.91. The van der Waals surface area contributed by atoms with Gasteiger partial charge in [-0.2, -0.15) is 0 Å². The molecule has 0 aliphatic heterocycles. The highest BCUT2D eigenvalue weighted by Crippen LogP contribution is 2.30. The first-order valence-corrected chi connectivity index (χ1v) is 6.21. The number of hydrogen-bond donors (Lipinski definition) is 0. The van der Waals surface area contributed by atoms with E-state index < -0.39 is 17.4 Å². The molecular formula is C14H7BrF2O3. The van der Waals surface area contributed by atoms with E-state index in [4.69, 9.17) is 4.74 Å². The number of carbonyl (C=O) groups is 2. The van der Waals surface area contributed by atoms with Crippen molar-refractivity contribution in [2.75, 3.05) is 0 Å². The minimum absolute atomic E-state index is 0.121. The molecule has 2 aromatic carbocycles. The maximum atomic E-state index is 13.6. The minimum atomic E-state index is -0.984. The average molecular weight is 341 g/mol. The van der Waals surface area contributed by atoms with Gasteiger partial charge in [-0.25, -0.2) is 8.78 Å². The summed E-state index contributed by atoms with van der Waals surface area (Å²) in [4.78, 5) is 21.1. The summed E-state index contributed by atoms with van der Waals surface area (Å²) in [5.41, 5.74) is 0.263. The molecule has 0 unspecified atom stereocenters. The molecule has 0 atom stereocenters. The Balaban J connectivity index is 2.37. The second-order valence-corrected chi connectivity index (χ2v) is 4.69. The van der Waals surface area contributed by atoms with Crippen molar-refractivity contribution in [3.8, 4) is 11.5 Å². The summed E-state index contributed by atoms with van der Waals surface area (Å²) in [5, 5.41) is 0. The summed E-state index contributed by atoms with van der Waals surface area (Å²) in [6, 6.07) is 6.01. The van der Waals surface area contributed by atoms with Crippen molar-refractivity contribution in [1.82, 2.24) is 0 Å². The fraction of sp³-hybridized carbons (Fsp3) is 0. The van der Waals surface area contributed by atoms with Gasteiger partial charge in [0.05, 0.1) is 0 Å². The molecule has 6 heteroatoms. The molecule has 0 spiro atoms. The monoisotopic (exact) mass is 340 g/mol. The summed E-state index contributed by atoms with van der Waals surface area (Å²) in [6.07, 6.45) is 0.972. The van der Waals surface area contributed by atoms with E-state index in [2.05, 4.69) is 15.9 Å². The molecule has 0 radical (unpaired) electrons. The molecule has 3 nitrogen and oxygen atoms in total. The van der Waals surface area contributed by atoms with Crippen LogP contribution in [-0.4, -0.2) is 12.6 Å². The van der Waals surface area contributed by atoms with Crippen molar-refractivity contribution in [1.29, 1.82) is 0 Å². The van der Waals surface area contributed by atoms with E-state index in [0.29, 0.717) is 22.6 Å². The Morgan fingerprint density at radius 1 is 1.00 bits per heavy atom. The number of ether oxygens (including phenoxy) is 1. The number of rotatable bonds is 4. The van der Waals surface area contributed by atoms with Crippen LogP contribution in [0.25, 0.3) is 0 Å². The molecule has 0 saturated heterocycles. The molecule has 0 aliphatic rings. The lowest BCUT2D eigenvalue weighted by molar-refractivity contribution is 0.111. The zero-order valence-corrected chi connectivity index (χ0v) is 11.5. The summed E-state index contributed by atoms with van der Waals surface area (Å²) < 4.78 is 32.8. The van der Waals surface area contributed by atoms with E-state index in [1.54, 1.807) is 0 Å². The molecule has 0 aliphatic carbocycles. The lowest BCUT2D eigenvalue weighted by Gasteiger charge is -2.09. The van der Waals surface area contributed by atoms with Crippen LogP contribution in [0.4, 0.5) is 8.78 Å². The smallest absolute Gasteiger partial charge is 0.198 e. The third-order valence-electron chi connectivity index (χ3n) is 2.48. The van der Waals surface area contributed by atoms with Crippen LogP contribution in [0.2, 0.25) is 0 Å². The molecule has 0 aromatic heterocycles. The molecule has 0 fully saturated rings. The maximum absolute atomic E-state index is 13.6. The Morgan fingerprint density at radius 2 is 1.65 bits per heavy atom. The van der Waals surface area contributed by atoms with Crippen LogP contribution in [0.1, 0.15) is 20.7 Å². The minimum Gasteiger partial charge on any atom is -0.451 e. The van der Waals surface area contributed by atoms with E-state index in [1.807, 2.05) is 0 Å². The third-order valence-corrected chi connectivity index (χ3v) is 3.16. The molecule has 0 saturated carbocycles. The predicted octanol–water partition coefficient (Wildman–Crippen LogP) is 4.14. The normalized spacial score (nSPS) is 10.2. The van der Waals surface area contributed by atoms with Gasteiger partial charge in [-0.15, -0.1) is 0 Å². The largest absolute Gasteiger partial charge is 0.451 e. The van der Waals surface area contributed by atoms with E-state index in [0.717, 1.165) is 12.1 Å². The van der Waals surface area contributed by atoms with E-state index in [-0.39, 0.29) is 11.3 Å². The van der Waals surface area contributed by atoms with Crippen LogP contribution in [-0.2, 0) is 0 Å². The quantitative estimate of drug-likeness (QED) is 0.785. The average Bonchev–Trinajstić information content (AvgIpc) is 2.42. The van der Waals surface area contributed by atoms with Crippen LogP contribution >= 0.6 is 15.9 Å². The molecule has 2 aromatic rings. The summed E-state index contributed by atoms with van der Waals surface area (Å²) in [5.74, 6) is -2.43. The summed E-state index contributed by atoms with van der Waals surface area (Å²) in [7, 11) is 0. The first-order valence-electron chi connectivity index (χ1n) is 5.42. The number of carbonyl (C=O) groups excluding carboxylic acids is 2. The zero-order valence-electron chi connectivity index (χ0n) is 9.90. The standard InChI is InChI=1S/C14H7BrF2O3/c15-11-5-10(2-1-9(11)7-19)20-14-12(16)3-8(6-18)4-13(14)17/h1-7H. The predicted molar refractivity (Wildman–Crippen MR) is 71.3 cm³/mol. The number of aldehydes is 2. The van der Waals surface area contributed by atoms with Crippen molar-refractivity contribution >= 4 is 28.5 Å². The highest BCUT2D eigenvalue weighted by molar-refractivity contribution is 9.10. The van der Waals surface area contributed by atoms with Crippen molar-refractivity contribution in [3.05, 3.63) is 57.6 Å². The van der Waals surface area contributed by atoms with Crippen LogP contribution in [0.3, 0.4) is 0 Å². The molecule has 0 N–H and O–H groups in total. The molecule has 20 heavy (non-hydrogen) atoms. The highest BCUT2D eigenvalue weighted by Gasteiger charge is 2.14. The Hall–Kier alpha value is -2.08. The van der Waals surface area contributed by atoms with Crippen LogP contribution in [0.15, 0.2) is 34.8 Å². The molecule has 0 amide bonds. The first kappa shape index (κ1) is 14.3. The number of halogens is 3. The van der Waals surface area contributed by atoms with Gasteiger partial charge in [0.25, 0.3) is 0 Å². The lowest BCUT2D eigenvalue weighted by atomic mass is 10.2. The van der Waals surface area contributed by atoms with Crippen LogP contribution < -0.4 is 4.74 Å². The van der Waals surface area contributed by atoms with Gasteiger partial charge >= 0.3 is 0 Å². The fourth-order valence-electron chi connectivity index (χ4n) is 1.53. The Bertz CT molecular complexity index is 663. The van der Waals surface area contributed by atoms with E-state index in [9.17, 15) is 18.4 Å². The fourth-order valence-corrected chi connectivity index (χ4v) is 1.98. The molecule has 2 rings (SSSR count). The Morgan fingerprint density at radius 3 is 2.15 bits per heavy atom. The van der Waals surface area contributed by atoms with Crippen molar-refractivity contribution < 1.29 is 23.1 Å². The topological polar surface area (TPSA) is 43.4 Å². The van der Waals surface area contributed by atoms with Crippen LogP contribution in [0, 0.1) is 11.6 Å². The lowest BCUT2D eigenvalue weighted by Crippen LogP contribution is -1.95. The molecule has 0 bridgehead atoms. The molecular weight excluding hydrogens is 334 g/mol. The van der Waals surface area contributed by atoms with Gasteiger partial charge in [-0.05, 0) is 46.3 Å². The second-order valence-electron chi connectivity index (χ2n) is 3.83. The van der Waals surface area contributed by atoms with Gasteiger partial charge in [0.1, 0.15) is 12.0 Å². The molecule has 102 valence electrons. The Kier molecular flexibility index (Phi) is 4.24. The van der Waals surface area contributed by atoms with Crippen molar-refractivity contribution in [2.24, 2.45) is 0 Å². The van der Waals surface area contributed by atoms with Gasteiger partial charge in [0.15, 0.2) is 23.7 Å². The van der Waals surface area contributed by atoms with Gasteiger partial charge < -0.3 is 4.74 Å². The SMILES string of the molecule is O=Cc1cc(F)c(Oc2ccc(C=O)c(Br)c2)c(F)c1. The second kappa shape index (κ2) is 5.92. The number of hydrogen-bond acceptors (Lipinski definition) is 3. The Labute approximate surface area is 121 Å². The maximum Gasteiger partial charge on any atom is 0.198 e. The number of benzene rings is 2. The van der Waals surface area contributed by atoms with E-state index >= 15 is 0 Å². The van der Waals surface area contributed by atoms with Gasteiger partial charge in [-0.3, -0.25) is 9.59 Å². The zero-order chi connectivity index (χ0) is 14.7. The highest BCUT2D eigenvalue weighted by atomic mass is 79.9. The van der Waals surface area contributed by atoms with Gasteiger partial charge in [0.2, 0.25) is 0 Å².